The van der Waals surface area contributed by atoms with E-state index in [1.54, 1.807) is 24.5 Å². The van der Waals surface area contributed by atoms with Gasteiger partial charge >= 0.3 is 0 Å². The summed E-state index contributed by atoms with van der Waals surface area (Å²) in [4.78, 5) is 13.5. The highest BCUT2D eigenvalue weighted by molar-refractivity contribution is 5.87. The van der Waals surface area contributed by atoms with Crippen molar-refractivity contribution in [3.63, 3.8) is 0 Å². The largest absolute Gasteiger partial charge is 0.489 e. The van der Waals surface area contributed by atoms with Crippen molar-refractivity contribution in [1.29, 1.82) is 0 Å². The van der Waals surface area contributed by atoms with Crippen LogP contribution in [0.15, 0.2) is 79.1 Å². The lowest BCUT2D eigenvalue weighted by Crippen LogP contribution is -2.47. The molecule has 1 saturated heterocycles. The molecule has 7 heteroatoms. The summed E-state index contributed by atoms with van der Waals surface area (Å²) in [5, 5.41) is 6.04. The predicted molar refractivity (Wildman–Crippen MR) is 146 cm³/mol. The normalized spacial score (nSPS) is 14.2. The third-order valence-corrected chi connectivity index (χ3v) is 6.89. The van der Waals surface area contributed by atoms with Crippen LogP contribution in [0.5, 0.6) is 5.75 Å². The number of piperazine rings is 1. The first kappa shape index (κ1) is 25.1. The minimum absolute atomic E-state index is 0.233. The van der Waals surface area contributed by atoms with Gasteiger partial charge in [0.1, 0.15) is 18.2 Å². The minimum atomic E-state index is -0.233. The Labute approximate surface area is 218 Å². The zero-order valence-electron chi connectivity index (χ0n) is 21.2. The van der Waals surface area contributed by atoms with E-state index in [4.69, 9.17) is 4.74 Å². The van der Waals surface area contributed by atoms with Crippen molar-refractivity contribution >= 4 is 16.7 Å². The summed E-state index contributed by atoms with van der Waals surface area (Å²) in [6.45, 7) is 7.29. The van der Waals surface area contributed by atoms with Crippen LogP contribution >= 0.6 is 0 Å². The zero-order chi connectivity index (χ0) is 25.3. The average Bonchev–Trinajstić information content (AvgIpc) is 2.95. The van der Waals surface area contributed by atoms with Crippen LogP contribution in [0.3, 0.4) is 0 Å². The van der Waals surface area contributed by atoms with Crippen LogP contribution in [0, 0.1) is 5.82 Å². The van der Waals surface area contributed by atoms with Crippen LogP contribution in [0.4, 0.5) is 10.3 Å². The Hall–Kier alpha value is -3.55. The van der Waals surface area contributed by atoms with Crippen molar-refractivity contribution in [3.05, 3.63) is 96.1 Å². The molecule has 1 fully saturated rings. The van der Waals surface area contributed by atoms with E-state index in [0.29, 0.717) is 6.61 Å². The highest BCUT2D eigenvalue weighted by atomic mass is 19.1. The average molecular weight is 500 g/mol. The summed E-state index contributed by atoms with van der Waals surface area (Å²) < 4.78 is 19.4. The Morgan fingerprint density at radius 3 is 2.43 bits per heavy atom. The van der Waals surface area contributed by atoms with E-state index >= 15 is 0 Å². The molecule has 4 aromatic rings. The minimum Gasteiger partial charge on any atom is -0.489 e. The number of hydrogen-bond donors (Lipinski definition) is 1. The summed E-state index contributed by atoms with van der Waals surface area (Å²) in [6, 6.07) is 20.9. The monoisotopic (exact) mass is 499 g/mol. The topological polar surface area (TPSA) is 53.5 Å². The number of aromatic nitrogens is 2. The molecule has 0 bridgehead atoms. The first-order chi connectivity index (χ1) is 18.3. The molecule has 1 aliphatic heterocycles. The van der Waals surface area contributed by atoms with E-state index in [2.05, 4.69) is 55.4 Å². The Morgan fingerprint density at radius 2 is 1.62 bits per heavy atom. The first-order valence-electron chi connectivity index (χ1n) is 13.1. The van der Waals surface area contributed by atoms with E-state index in [-0.39, 0.29) is 5.82 Å². The van der Waals surface area contributed by atoms with Crippen molar-refractivity contribution in [1.82, 2.24) is 20.2 Å². The molecule has 2 heterocycles. The molecule has 3 aromatic carbocycles. The van der Waals surface area contributed by atoms with Gasteiger partial charge in [-0.15, -0.1) is 0 Å². The van der Waals surface area contributed by atoms with Gasteiger partial charge in [0.15, 0.2) is 0 Å². The Kier molecular flexibility index (Phi) is 8.56. The molecule has 0 amide bonds. The maximum atomic E-state index is 13.2. The predicted octanol–water partition coefficient (Wildman–Crippen LogP) is 5.04. The number of rotatable bonds is 11. The van der Waals surface area contributed by atoms with Crippen LogP contribution in [0.25, 0.3) is 10.8 Å². The fraction of sp³-hybridized carbons (Fsp3) is 0.333. The number of halogens is 1. The van der Waals surface area contributed by atoms with Crippen LogP contribution in [-0.2, 0) is 13.2 Å². The molecular weight excluding hydrogens is 465 g/mol. The van der Waals surface area contributed by atoms with Gasteiger partial charge in [-0.2, -0.15) is 0 Å². The van der Waals surface area contributed by atoms with Gasteiger partial charge in [0.25, 0.3) is 0 Å². The second kappa shape index (κ2) is 12.6. The van der Waals surface area contributed by atoms with Crippen LogP contribution in [0.1, 0.15) is 24.0 Å². The fourth-order valence-corrected chi connectivity index (χ4v) is 4.80. The molecule has 0 spiro atoms. The number of anilines is 1. The SMILES string of the molecule is Fc1ccc(COc2ccc3ccccc3c2CNCCCCN2CCN(c3ncccn3)CC2)cc1. The molecule has 0 aliphatic carbocycles. The van der Waals surface area contributed by atoms with E-state index in [1.807, 2.05) is 12.1 Å². The lowest BCUT2D eigenvalue weighted by atomic mass is 10.0. The second-order valence-electron chi connectivity index (χ2n) is 9.44. The molecule has 37 heavy (non-hydrogen) atoms. The summed E-state index contributed by atoms with van der Waals surface area (Å²) >= 11 is 0. The van der Waals surface area contributed by atoms with Gasteiger partial charge in [0.05, 0.1) is 0 Å². The van der Waals surface area contributed by atoms with Gasteiger partial charge in [0, 0.05) is 50.7 Å². The number of nitrogens with zero attached hydrogens (tertiary/aromatic N) is 4. The first-order valence-corrected chi connectivity index (χ1v) is 13.1. The lowest BCUT2D eigenvalue weighted by Gasteiger charge is -2.34. The molecule has 192 valence electrons. The molecule has 1 aromatic heterocycles. The molecule has 0 saturated carbocycles. The molecule has 1 aliphatic rings. The van der Waals surface area contributed by atoms with Crippen LogP contribution in [-0.4, -0.2) is 54.1 Å². The summed E-state index contributed by atoms with van der Waals surface area (Å²) in [7, 11) is 0. The Balaban J connectivity index is 1.08. The van der Waals surface area contributed by atoms with E-state index in [9.17, 15) is 4.39 Å². The van der Waals surface area contributed by atoms with E-state index < -0.39 is 0 Å². The number of unbranched alkanes of at least 4 members (excludes halogenated alkanes) is 1. The highest BCUT2D eigenvalue weighted by Crippen LogP contribution is 2.29. The molecule has 6 nitrogen and oxygen atoms in total. The third kappa shape index (κ3) is 6.81. The molecule has 0 atom stereocenters. The van der Waals surface area contributed by atoms with E-state index in [1.165, 1.54) is 28.5 Å². The van der Waals surface area contributed by atoms with Gasteiger partial charge in [-0.1, -0.05) is 42.5 Å². The zero-order valence-corrected chi connectivity index (χ0v) is 21.2. The van der Waals surface area contributed by atoms with Gasteiger partial charge in [-0.05, 0) is 66.5 Å². The molecule has 0 radical (unpaired) electrons. The van der Waals surface area contributed by atoms with Crippen molar-refractivity contribution in [2.45, 2.75) is 26.0 Å². The maximum absolute atomic E-state index is 13.2. The molecule has 1 N–H and O–H groups in total. The number of ether oxygens (including phenoxy) is 1. The number of hydrogen-bond acceptors (Lipinski definition) is 6. The number of fused-ring (bicyclic) bond motifs is 1. The van der Waals surface area contributed by atoms with Crippen molar-refractivity contribution in [2.24, 2.45) is 0 Å². The maximum Gasteiger partial charge on any atom is 0.225 e. The standard InChI is InChI=1S/C30H34FN5O/c31-26-11-8-24(9-12-26)23-37-29-13-10-25-6-1-2-7-27(25)28(29)22-32-14-3-4-17-35-18-20-36(21-19-35)30-33-15-5-16-34-30/h1-2,5-13,15-16,32H,3-4,14,17-23H2. The molecule has 0 unspecified atom stereocenters. The summed E-state index contributed by atoms with van der Waals surface area (Å²) in [5.74, 6) is 1.47. The van der Waals surface area contributed by atoms with Crippen molar-refractivity contribution in [2.75, 3.05) is 44.2 Å². The quantitative estimate of drug-likeness (QED) is 0.292. The van der Waals surface area contributed by atoms with Gasteiger partial charge in [-0.25, -0.2) is 14.4 Å². The number of benzene rings is 3. The van der Waals surface area contributed by atoms with Gasteiger partial charge < -0.3 is 15.0 Å². The van der Waals surface area contributed by atoms with Gasteiger partial charge in [-0.3, -0.25) is 4.90 Å². The third-order valence-electron chi connectivity index (χ3n) is 6.89. The highest BCUT2D eigenvalue weighted by Gasteiger charge is 2.18. The van der Waals surface area contributed by atoms with Crippen LogP contribution < -0.4 is 15.0 Å². The van der Waals surface area contributed by atoms with Crippen LogP contribution in [0.2, 0.25) is 0 Å². The number of nitrogens with one attached hydrogen (secondary N) is 1. The summed E-state index contributed by atoms with van der Waals surface area (Å²) in [5.41, 5.74) is 2.12. The molecular formula is C30H34FN5O. The summed E-state index contributed by atoms with van der Waals surface area (Å²) in [6.07, 6.45) is 5.90. The van der Waals surface area contributed by atoms with Crippen molar-refractivity contribution < 1.29 is 9.13 Å². The lowest BCUT2D eigenvalue weighted by molar-refractivity contribution is 0.251. The molecule has 5 rings (SSSR count). The Bertz CT molecular complexity index is 1260. The van der Waals surface area contributed by atoms with Gasteiger partial charge in [0.2, 0.25) is 5.95 Å². The Morgan fingerprint density at radius 1 is 0.838 bits per heavy atom. The fourth-order valence-electron chi connectivity index (χ4n) is 4.80. The van der Waals surface area contributed by atoms with E-state index in [0.717, 1.165) is 75.9 Å². The smallest absolute Gasteiger partial charge is 0.225 e. The van der Waals surface area contributed by atoms with Crippen molar-refractivity contribution in [3.8, 4) is 5.75 Å². The second-order valence-corrected chi connectivity index (χ2v) is 9.44.